The minimum absolute atomic E-state index is 0.00665. The summed E-state index contributed by atoms with van der Waals surface area (Å²) in [5, 5.41) is 14.9. The molecular weight excluding hydrogens is 382 g/mol. The lowest BCUT2D eigenvalue weighted by Gasteiger charge is -2.02. The molecular formula is C15H10BrN3O5. The Labute approximate surface area is 144 Å². The van der Waals surface area contributed by atoms with Crippen LogP contribution in [0, 0.1) is 10.1 Å². The zero-order chi connectivity index (χ0) is 17.1. The van der Waals surface area contributed by atoms with Crippen LogP contribution in [0.2, 0.25) is 0 Å². The van der Waals surface area contributed by atoms with Gasteiger partial charge in [0.05, 0.1) is 22.8 Å². The number of hydrogen-bond donors (Lipinski definition) is 1. The van der Waals surface area contributed by atoms with Crippen LogP contribution in [0.15, 0.2) is 46.0 Å². The number of carbonyl (C=O) groups excluding carboxylic acids is 1. The van der Waals surface area contributed by atoms with Gasteiger partial charge in [0.25, 0.3) is 11.6 Å². The zero-order valence-electron chi connectivity index (χ0n) is 12.1. The van der Waals surface area contributed by atoms with Gasteiger partial charge in [0, 0.05) is 10.0 Å². The van der Waals surface area contributed by atoms with Gasteiger partial charge in [-0.25, -0.2) is 5.43 Å². The smallest absolute Gasteiger partial charge is 0.282 e. The molecule has 1 aliphatic rings. The van der Waals surface area contributed by atoms with Gasteiger partial charge in [0.1, 0.15) is 0 Å². The molecule has 0 saturated heterocycles. The number of fused-ring (bicyclic) bond motifs is 1. The third-order valence-corrected chi connectivity index (χ3v) is 3.67. The van der Waals surface area contributed by atoms with Crippen molar-refractivity contribution in [2.24, 2.45) is 5.10 Å². The van der Waals surface area contributed by atoms with Crippen molar-refractivity contribution in [2.45, 2.75) is 0 Å². The molecule has 0 spiro atoms. The molecule has 0 fully saturated rings. The average Bonchev–Trinajstić information content (AvgIpc) is 3.01. The fourth-order valence-electron chi connectivity index (χ4n) is 2.06. The van der Waals surface area contributed by atoms with Crippen molar-refractivity contribution in [2.75, 3.05) is 6.79 Å². The molecule has 0 aromatic heterocycles. The molecule has 0 bridgehead atoms. The number of nitrogens with zero attached hydrogens (tertiary/aromatic N) is 2. The van der Waals surface area contributed by atoms with E-state index in [0.29, 0.717) is 17.1 Å². The van der Waals surface area contributed by atoms with E-state index in [1.165, 1.54) is 18.3 Å². The van der Waals surface area contributed by atoms with E-state index in [4.69, 9.17) is 9.47 Å². The summed E-state index contributed by atoms with van der Waals surface area (Å²) in [6, 6.07) is 9.46. The Morgan fingerprint density at radius 3 is 2.75 bits per heavy atom. The highest BCUT2D eigenvalue weighted by atomic mass is 79.9. The number of benzene rings is 2. The summed E-state index contributed by atoms with van der Waals surface area (Å²) in [6.45, 7) is 0.00665. The minimum atomic E-state index is -0.556. The molecule has 0 unspecified atom stereocenters. The van der Waals surface area contributed by atoms with Gasteiger partial charge in [-0.05, 0) is 24.3 Å². The van der Waals surface area contributed by atoms with Crippen molar-refractivity contribution in [3.05, 3.63) is 62.1 Å². The van der Waals surface area contributed by atoms with Gasteiger partial charge >= 0.3 is 0 Å². The van der Waals surface area contributed by atoms with Crippen LogP contribution in [0.3, 0.4) is 0 Å². The lowest BCUT2D eigenvalue weighted by molar-refractivity contribution is -0.385. The van der Waals surface area contributed by atoms with E-state index >= 15 is 0 Å². The standard InChI is InChI=1S/C15H10BrN3O5/c16-11-3-1-2-9(4-11)15(20)18-17-7-10-5-13-14(24-8-23-13)6-12(10)19(21)22/h1-7H,8H2,(H,18,20)/b17-7+. The lowest BCUT2D eigenvalue weighted by Crippen LogP contribution is -2.17. The second-order valence-corrected chi connectivity index (χ2v) is 5.65. The maximum absolute atomic E-state index is 12.0. The highest BCUT2D eigenvalue weighted by molar-refractivity contribution is 9.10. The Morgan fingerprint density at radius 1 is 1.29 bits per heavy atom. The molecule has 3 rings (SSSR count). The van der Waals surface area contributed by atoms with E-state index in [0.717, 1.165) is 4.47 Å². The van der Waals surface area contributed by atoms with E-state index in [1.807, 2.05) is 0 Å². The van der Waals surface area contributed by atoms with Crippen LogP contribution in [0.25, 0.3) is 0 Å². The maximum atomic E-state index is 12.0. The molecule has 1 N–H and O–H groups in total. The number of nitro benzene ring substituents is 1. The number of carbonyl (C=O) groups is 1. The molecule has 0 radical (unpaired) electrons. The van der Waals surface area contributed by atoms with Gasteiger partial charge < -0.3 is 9.47 Å². The number of halogens is 1. The summed E-state index contributed by atoms with van der Waals surface area (Å²) >= 11 is 3.27. The first kappa shape index (κ1) is 15.9. The van der Waals surface area contributed by atoms with E-state index < -0.39 is 10.8 Å². The average molecular weight is 392 g/mol. The summed E-state index contributed by atoms with van der Waals surface area (Å²) in [7, 11) is 0. The number of hydrazone groups is 1. The van der Waals surface area contributed by atoms with Crippen LogP contribution in [0.4, 0.5) is 5.69 Å². The van der Waals surface area contributed by atoms with Crippen LogP contribution in [-0.4, -0.2) is 23.8 Å². The first-order chi connectivity index (χ1) is 11.5. The second kappa shape index (κ2) is 6.67. The molecule has 1 heterocycles. The number of ether oxygens (including phenoxy) is 2. The summed E-state index contributed by atoms with van der Waals surface area (Å²) in [6.07, 6.45) is 1.19. The van der Waals surface area contributed by atoms with Gasteiger partial charge in [-0.1, -0.05) is 22.0 Å². The molecule has 2 aromatic rings. The first-order valence-electron chi connectivity index (χ1n) is 6.71. The number of hydrogen-bond acceptors (Lipinski definition) is 6. The van der Waals surface area contributed by atoms with E-state index in [9.17, 15) is 14.9 Å². The largest absolute Gasteiger partial charge is 0.454 e. The van der Waals surface area contributed by atoms with Crippen LogP contribution >= 0.6 is 15.9 Å². The van der Waals surface area contributed by atoms with Crippen LogP contribution in [0.5, 0.6) is 11.5 Å². The minimum Gasteiger partial charge on any atom is -0.454 e. The summed E-state index contributed by atoms with van der Waals surface area (Å²) in [5.41, 5.74) is 2.73. The van der Waals surface area contributed by atoms with Crippen molar-refractivity contribution in [3.63, 3.8) is 0 Å². The zero-order valence-corrected chi connectivity index (χ0v) is 13.6. The number of nitrogens with one attached hydrogen (secondary N) is 1. The Morgan fingerprint density at radius 2 is 2.04 bits per heavy atom. The van der Waals surface area contributed by atoms with Crippen LogP contribution in [0.1, 0.15) is 15.9 Å². The van der Waals surface area contributed by atoms with E-state index in [1.54, 1.807) is 24.3 Å². The van der Waals surface area contributed by atoms with Crippen LogP contribution in [-0.2, 0) is 0 Å². The number of nitro groups is 1. The molecule has 24 heavy (non-hydrogen) atoms. The van der Waals surface area contributed by atoms with Crippen LogP contribution < -0.4 is 14.9 Å². The molecule has 0 aliphatic carbocycles. The van der Waals surface area contributed by atoms with Gasteiger partial charge in [-0.3, -0.25) is 14.9 Å². The molecule has 8 nitrogen and oxygen atoms in total. The summed E-state index contributed by atoms with van der Waals surface area (Å²) < 4.78 is 11.1. The van der Waals surface area contributed by atoms with Crippen molar-refractivity contribution in [1.29, 1.82) is 0 Å². The Bertz CT molecular complexity index is 853. The number of rotatable bonds is 4. The molecule has 0 saturated carbocycles. The fourth-order valence-corrected chi connectivity index (χ4v) is 2.46. The quantitative estimate of drug-likeness (QED) is 0.490. The van der Waals surface area contributed by atoms with Crippen molar-refractivity contribution in [3.8, 4) is 11.5 Å². The lowest BCUT2D eigenvalue weighted by atomic mass is 10.1. The Hall–Kier alpha value is -2.94. The molecule has 1 amide bonds. The Kier molecular flexibility index (Phi) is 4.43. The van der Waals surface area contributed by atoms with Crippen molar-refractivity contribution < 1.29 is 19.2 Å². The molecule has 0 atom stereocenters. The summed E-state index contributed by atoms with van der Waals surface area (Å²) in [5.74, 6) is 0.258. The SMILES string of the molecule is O=C(N/N=C/c1cc2c(cc1[N+](=O)[O-])OCO2)c1cccc(Br)c1. The number of amides is 1. The van der Waals surface area contributed by atoms with Gasteiger partial charge in [-0.2, -0.15) is 5.10 Å². The third-order valence-electron chi connectivity index (χ3n) is 3.18. The predicted molar refractivity (Wildman–Crippen MR) is 88.4 cm³/mol. The molecule has 9 heteroatoms. The topological polar surface area (TPSA) is 103 Å². The molecule has 122 valence electrons. The maximum Gasteiger partial charge on any atom is 0.282 e. The highest BCUT2D eigenvalue weighted by Crippen LogP contribution is 2.37. The first-order valence-corrected chi connectivity index (χ1v) is 7.51. The Balaban J connectivity index is 1.79. The van der Waals surface area contributed by atoms with Gasteiger partial charge in [-0.15, -0.1) is 0 Å². The summed E-state index contributed by atoms with van der Waals surface area (Å²) in [4.78, 5) is 22.5. The van der Waals surface area contributed by atoms with E-state index in [2.05, 4.69) is 26.5 Å². The molecule has 2 aromatic carbocycles. The van der Waals surface area contributed by atoms with Gasteiger partial charge in [0.15, 0.2) is 11.5 Å². The van der Waals surface area contributed by atoms with Gasteiger partial charge in [0.2, 0.25) is 6.79 Å². The van der Waals surface area contributed by atoms with E-state index in [-0.39, 0.29) is 18.0 Å². The monoisotopic (exact) mass is 391 g/mol. The normalized spacial score (nSPS) is 12.4. The second-order valence-electron chi connectivity index (χ2n) is 4.73. The molecule has 1 aliphatic heterocycles. The fraction of sp³-hybridized carbons (Fsp3) is 0.0667. The predicted octanol–water partition coefficient (Wildman–Crippen LogP) is 2.85. The third kappa shape index (κ3) is 3.35. The van der Waals surface area contributed by atoms with Crippen molar-refractivity contribution >= 4 is 33.7 Å². The highest BCUT2D eigenvalue weighted by Gasteiger charge is 2.22. The van der Waals surface area contributed by atoms with Crippen molar-refractivity contribution in [1.82, 2.24) is 5.43 Å².